The summed E-state index contributed by atoms with van der Waals surface area (Å²) < 4.78 is 29.9. The number of H-pyrrole nitrogens is 1. The minimum Gasteiger partial charge on any atom is -0.367 e. The predicted molar refractivity (Wildman–Crippen MR) is 135 cm³/mol. The van der Waals surface area contributed by atoms with Gasteiger partial charge in [0, 0.05) is 37.4 Å². The van der Waals surface area contributed by atoms with Gasteiger partial charge in [0.1, 0.15) is 16.7 Å². The smallest absolute Gasteiger partial charge is 0.247 e. The molecule has 9 nitrogen and oxygen atoms in total. The molecule has 0 unspecified atom stereocenters. The molecule has 0 bridgehead atoms. The minimum absolute atomic E-state index is 0.0658. The van der Waals surface area contributed by atoms with E-state index in [2.05, 4.69) is 42.3 Å². The lowest BCUT2D eigenvalue weighted by molar-refractivity contribution is -0.111. The molecule has 1 aliphatic rings. The molecule has 2 aromatic carbocycles. The summed E-state index contributed by atoms with van der Waals surface area (Å²) >= 11 is 0. The van der Waals surface area contributed by atoms with Crippen molar-refractivity contribution in [1.82, 2.24) is 25.1 Å². The van der Waals surface area contributed by atoms with E-state index in [-0.39, 0.29) is 23.2 Å². The Morgan fingerprint density at radius 1 is 1.14 bits per heavy atom. The number of hydrogen-bond acceptors (Lipinski definition) is 7. The Labute approximate surface area is 205 Å². The number of hydrogen-bond donors (Lipinski definition) is 3. The maximum absolute atomic E-state index is 15.0. The second-order valence-corrected chi connectivity index (χ2v) is 8.48. The zero-order valence-electron chi connectivity index (χ0n) is 19.6. The molecule has 1 amide bonds. The van der Waals surface area contributed by atoms with Crippen LogP contribution in [0.25, 0.3) is 22.3 Å². The summed E-state index contributed by atoms with van der Waals surface area (Å²) in [5.74, 6) is -2.14. The molecule has 1 aliphatic heterocycles. The number of nitrogens with one attached hydrogen (secondary N) is 3. The lowest BCUT2D eigenvalue weighted by Crippen LogP contribution is -2.44. The first-order valence-electron chi connectivity index (χ1n) is 11.4. The Morgan fingerprint density at radius 2 is 1.94 bits per heavy atom. The highest BCUT2D eigenvalue weighted by Crippen LogP contribution is 2.31. The van der Waals surface area contributed by atoms with Crippen LogP contribution < -0.4 is 15.5 Å². The van der Waals surface area contributed by atoms with Crippen molar-refractivity contribution in [2.45, 2.75) is 0 Å². The molecule has 5 rings (SSSR count). The molecule has 1 saturated heterocycles. The highest BCUT2D eigenvalue weighted by atomic mass is 19.2. The van der Waals surface area contributed by atoms with E-state index in [1.165, 1.54) is 18.3 Å². The summed E-state index contributed by atoms with van der Waals surface area (Å²) in [5, 5.41) is 12.7. The van der Waals surface area contributed by atoms with Crippen LogP contribution in [-0.2, 0) is 4.79 Å². The summed E-state index contributed by atoms with van der Waals surface area (Å²) in [6, 6.07) is 10.1. The van der Waals surface area contributed by atoms with E-state index >= 15 is 0 Å². The van der Waals surface area contributed by atoms with Crippen molar-refractivity contribution >= 4 is 40.0 Å². The molecule has 1 fully saturated rings. The van der Waals surface area contributed by atoms with Gasteiger partial charge < -0.3 is 20.4 Å². The molecular weight excluding hydrogens is 466 g/mol. The Balaban J connectivity index is 1.42. The van der Waals surface area contributed by atoms with Crippen molar-refractivity contribution in [2.24, 2.45) is 0 Å². The van der Waals surface area contributed by atoms with Crippen LogP contribution >= 0.6 is 0 Å². The molecule has 0 spiro atoms. The average Bonchev–Trinajstić information content (AvgIpc) is 3.31. The van der Waals surface area contributed by atoms with Crippen molar-refractivity contribution in [3.8, 4) is 11.3 Å². The van der Waals surface area contributed by atoms with Gasteiger partial charge in [-0.25, -0.2) is 18.7 Å². The predicted octanol–water partition coefficient (Wildman–Crippen LogP) is 3.92. The molecule has 3 N–H and O–H groups in total. The fourth-order valence-electron chi connectivity index (χ4n) is 4.06. The van der Waals surface area contributed by atoms with Gasteiger partial charge in [0.15, 0.2) is 11.6 Å². The number of carbonyl (C=O) groups excluding carboxylic acids is 1. The molecule has 0 atom stereocenters. The number of rotatable bonds is 6. The normalized spacial score (nSPS) is 14.1. The molecule has 4 aromatic rings. The zero-order chi connectivity index (χ0) is 25.2. The first-order valence-corrected chi connectivity index (χ1v) is 11.4. The molecular formula is C25H24F2N8O. The van der Waals surface area contributed by atoms with E-state index in [9.17, 15) is 13.6 Å². The second-order valence-electron chi connectivity index (χ2n) is 8.48. The van der Waals surface area contributed by atoms with Crippen LogP contribution in [0.3, 0.4) is 0 Å². The Hall–Kier alpha value is -4.38. The van der Waals surface area contributed by atoms with Crippen molar-refractivity contribution in [3.05, 3.63) is 66.9 Å². The summed E-state index contributed by atoms with van der Waals surface area (Å²) in [7, 11) is 2.00. The van der Waals surface area contributed by atoms with E-state index in [0.717, 1.165) is 13.1 Å². The van der Waals surface area contributed by atoms with Crippen LogP contribution in [0.5, 0.6) is 0 Å². The molecule has 3 heterocycles. The third kappa shape index (κ3) is 4.60. The summed E-state index contributed by atoms with van der Waals surface area (Å²) in [6.07, 6.45) is 2.69. The van der Waals surface area contributed by atoms with E-state index in [1.807, 2.05) is 18.0 Å². The van der Waals surface area contributed by atoms with Gasteiger partial charge in [-0.3, -0.25) is 9.89 Å². The number of amides is 1. The van der Waals surface area contributed by atoms with Crippen LogP contribution in [0.15, 0.2) is 55.3 Å². The number of nitrogens with zero attached hydrogens (tertiary/aromatic N) is 5. The van der Waals surface area contributed by atoms with Gasteiger partial charge in [-0.1, -0.05) is 18.7 Å². The van der Waals surface area contributed by atoms with Crippen LogP contribution in [-0.4, -0.2) is 64.2 Å². The summed E-state index contributed by atoms with van der Waals surface area (Å²) in [6.45, 7) is 6.27. The molecule has 11 heteroatoms. The molecule has 0 aliphatic carbocycles. The standard InChI is InChI=1S/C25H24F2N8O/c1-3-20(36)29-16-6-4-5-15(13-16)23-24-18(32-33-23)14-28-25(31-24)30-17-7-8-19(22(27)21(17)26)35-11-9-34(2)10-12-35/h3-8,13-14H,1,9-12H2,2H3,(H,29,36)(H,32,33)(H,28,30,31). The molecule has 184 valence electrons. The lowest BCUT2D eigenvalue weighted by atomic mass is 10.1. The van der Waals surface area contributed by atoms with Crippen LogP contribution in [0, 0.1) is 11.6 Å². The molecule has 0 saturated carbocycles. The monoisotopic (exact) mass is 490 g/mol. The van der Waals surface area contributed by atoms with Gasteiger partial charge in [0.25, 0.3) is 0 Å². The number of likely N-dealkylation sites (N-methyl/N-ethyl adjacent to an activating group) is 1. The number of fused-ring (bicyclic) bond motifs is 1. The third-order valence-corrected chi connectivity index (χ3v) is 6.04. The fraction of sp³-hybridized carbons (Fsp3) is 0.200. The second kappa shape index (κ2) is 9.70. The first-order chi connectivity index (χ1) is 17.4. The van der Waals surface area contributed by atoms with Crippen molar-refractivity contribution < 1.29 is 13.6 Å². The van der Waals surface area contributed by atoms with Gasteiger partial charge in [-0.15, -0.1) is 0 Å². The Morgan fingerprint density at radius 3 is 2.72 bits per heavy atom. The Kier molecular flexibility index (Phi) is 6.30. The van der Waals surface area contributed by atoms with Crippen molar-refractivity contribution in [3.63, 3.8) is 0 Å². The fourth-order valence-corrected chi connectivity index (χ4v) is 4.06. The summed E-state index contributed by atoms with van der Waals surface area (Å²) in [4.78, 5) is 24.3. The van der Waals surface area contributed by atoms with Gasteiger partial charge in [0.05, 0.1) is 17.6 Å². The molecule has 0 radical (unpaired) electrons. The van der Waals surface area contributed by atoms with E-state index in [4.69, 9.17) is 0 Å². The summed E-state index contributed by atoms with van der Waals surface area (Å²) in [5.41, 5.74) is 3.00. The number of benzene rings is 2. The SMILES string of the molecule is C=CC(=O)Nc1cccc(-c2n[nH]c3cnc(Nc4ccc(N5CCN(C)CC5)c(F)c4F)nc23)c1. The number of piperazine rings is 1. The van der Waals surface area contributed by atoms with E-state index in [1.54, 1.807) is 24.3 Å². The first kappa shape index (κ1) is 23.4. The number of aromatic amines is 1. The lowest BCUT2D eigenvalue weighted by Gasteiger charge is -2.34. The van der Waals surface area contributed by atoms with Crippen molar-refractivity contribution in [2.75, 3.05) is 48.8 Å². The Bertz CT molecular complexity index is 1450. The highest BCUT2D eigenvalue weighted by Gasteiger charge is 2.22. The van der Waals surface area contributed by atoms with Crippen molar-refractivity contribution in [1.29, 1.82) is 0 Å². The number of aromatic nitrogens is 4. The third-order valence-electron chi connectivity index (χ3n) is 6.04. The number of anilines is 4. The number of carbonyl (C=O) groups is 1. The van der Waals surface area contributed by atoms with Gasteiger partial charge >= 0.3 is 0 Å². The topological polar surface area (TPSA) is 102 Å². The van der Waals surface area contributed by atoms with Crippen LogP contribution in [0.2, 0.25) is 0 Å². The maximum Gasteiger partial charge on any atom is 0.247 e. The quantitative estimate of drug-likeness (QED) is 0.352. The largest absolute Gasteiger partial charge is 0.367 e. The van der Waals surface area contributed by atoms with E-state index in [0.29, 0.717) is 41.1 Å². The minimum atomic E-state index is -0.992. The zero-order valence-corrected chi connectivity index (χ0v) is 19.6. The van der Waals surface area contributed by atoms with E-state index < -0.39 is 11.6 Å². The van der Waals surface area contributed by atoms with Gasteiger partial charge in [0.2, 0.25) is 11.9 Å². The highest BCUT2D eigenvalue weighted by molar-refractivity contribution is 5.99. The van der Waals surface area contributed by atoms with Gasteiger partial charge in [-0.05, 0) is 37.4 Å². The average molecular weight is 491 g/mol. The molecule has 36 heavy (non-hydrogen) atoms. The molecule has 2 aromatic heterocycles. The maximum atomic E-state index is 15.0. The number of halogens is 2. The van der Waals surface area contributed by atoms with Crippen LogP contribution in [0.4, 0.5) is 31.8 Å². The van der Waals surface area contributed by atoms with Crippen LogP contribution in [0.1, 0.15) is 0 Å². The van der Waals surface area contributed by atoms with Gasteiger partial charge in [-0.2, -0.15) is 5.10 Å².